The van der Waals surface area contributed by atoms with Gasteiger partial charge in [0, 0.05) is 31.3 Å². The first kappa shape index (κ1) is 12.9. The van der Waals surface area contributed by atoms with Gasteiger partial charge in [-0.15, -0.1) is 0 Å². The van der Waals surface area contributed by atoms with Crippen molar-refractivity contribution < 1.29 is 4.92 Å². The number of hydrogen-bond acceptors (Lipinski definition) is 5. The predicted octanol–water partition coefficient (Wildman–Crippen LogP) is 1.98. The Morgan fingerprint density at radius 2 is 2.35 bits per heavy atom. The zero-order chi connectivity index (χ0) is 14.1. The van der Waals surface area contributed by atoms with Gasteiger partial charge in [0.05, 0.1) is 16.0 Å². The van der Waals surface area contributed by atoms with Gasteiger partial charge in [0.2, 0.25) is 5.95 Å². The fourth-order valence-electron chi connectivity index (χ4n) is 2.24. The minimum atomic E-state index is -0.405. The largest absolute Gasteiger partial charge is 0.355 e. The third-order valence-corrected chi connectivity index (χ3v) is 3.60. The Kier molecular flexibility index (Phi) is 3.27. The summed E-state index contributed by atoms with van der Waals surface area (Å²) in [4.78, 5) is 20.1. The molecule has 0 aliphatic heterocycles. The minimum absolute atomic E-state index is 0.0705. The summed E-state index contributed by atoms with van der Waals surface area (Å²) in [5.41, 5.74) is 1.48. The second kappa shape index (κ2) is 5.09. The molecular formula is C13H17N5O2. The SMILES string of the molecule is CN(CCNc1nc2ccc([N+](=O)[O-])cc2[nH]1)C1CC1. The second-order valence-corrected chi connectivity index (χ2v) is 5.18. The molecule has 0 amide bonds. The van der Waals surface area contributed by atoms with Crippen molar-refractivity contribution in [1.29, 1.82) is 0 Å². The van der Waals surface area contributed by atoms with Gasteiger partial charge in [0.1, 0.15) is 0 Å². The first-order valence-electron chi connectivity index (χ1n) is 6.72. The number of imidazole rings is 1. The zero-order valence-corrected chi connectivity index (χ0v) is 11.3. The number of aromatic nitrogens is 2. The number of nitrogens with zero attached hydrogens (tertiary/aromatic N) is 3. The van der Waals surface area contributed by atoms with E-state index in [9.17, 15) is 10.1 Å². The average Bonchev–Trinajstić information content (AvgIpc) is 3.18. The van der Waals surface area contributed by atoms with Crippen LogP contribution in [-0.4, -0.2) is 46.0 Å². The molecule has 1 aliphatic rings. The summed E-state index contributed by atoms with van der Waals surface area (Å²) in [5, 5.41) is 13.9. The van der Waals surface area contributed by atoms with Crippen molar-refractivity contribution in [2.75, 3.05) is 25.5 Å². The van der Waals surface area contributed by atoms with E-state index >= 15 is 0 Å². The minimum Gasteiger partial charge on any atom is -0.355 e. The van der Waals surface area contributed by atoms with Crippen molar-refractivity contribution in [3.05, 3.63) is 28.3 Å². The van der Waals surface area contributed by atoms with E-state index in [2.05, 4.69) is 27.2 Å². The van der Waals surface area contributed by atoms with Crippen LogP contribution in [0.4, 0.5) is 11.6 Å². The highest BCUT2D eigenvalue weighted by molar-refractivity contribution is 5.79. The lowest BCUT2D eigenvalue weighted by atomic mass is 10.3. The molecule has 3 rings (SSSR count). The molecule has 0 radical (unpaired) electrons. The number of non-ortho nitro benzene ring substituents is 1. The number of anilines is 1. The fraction of sp³-hybridized carbons (Fsp3) is 0.462. The molecule has 7 heteroatoms. The third-order valence-electron chi connectivity index (χ3n) is 3.60. The van der Waals surface area contributed by atoms with Gasteiger partial charge in [-0.1, -0.05) is 0 Å². The molecule has 1 aliphatic carbocycles. The maximum absolute atomic E-state index is 10.7. The maximum atomic E-state index is 10.7. The summed E-state index contributed by atoms with van der Waals surface area (Å²) < 4.78 is 0. The van der Waals surface area contributed by atoms with Crippen molar-refractivity contribution in [1.82, 2.24) is 14.9 Å². The highest BCUT2D eigenvalue weighted by atomic mass is 16.6. The normalized spacial score (nSPS) is 14.9. The lowest BCUT2D eigenvalue weighted by Crippen LogP contribution is -2.27. The molecule has 0 spiro atoms. The maximum Gasteiger partial charge on any atom is 0.271 e. The molecule has 7 nitrogen and oxygen atoms in total. The molecule has 20 heavy (non-hydrogen) atoms. The molecule has 1 fully saturated rings. The van der Waals surface area contributed by atoms with E-state index in [1.54, 1.807) is 6.07 Å². The van der Waals surface area contributed by atoms with E-state index in [0.29, 0.717) is 11.5 Å². The number of rotatable bonds is 6. The Balaban J connectivity index is 1.64. The van der Waals surface area contributed by atoms with E-state index in [1.807, 2.05) is 0 Å². The second-order valence-electron chi connectivity index (χ2n) is 5.18. The van der Waals surface area contributed by atoms with Crippen molar-refractivity contribution >= 4 is 22.7 Å². The van der Waals surface area contributed by atoms with Crippen LogP contribution >= 0.6 is 0 Å². The Labute approximate surface area is 116 Å². The highest BCUT2D eigenvalue weighted by Gasteiger charge is 2.25. The summed E-state index contributed by atoms with van der Waals surface area (Å²) in [6.07, 6.45) is 2.59. The summed E-state index contributed by atoms with van der Waals surface area (Å²) in [7, 11) is 2.13. The number of hydrogen-bond donors (Lipinski definition) is 2. The van der Waals surface area contributed by atoms with E-state index < -0.39 is 4.92 Å². The zero-order valence-electron chi connectivity index (χ0n) is 11.3. The molecule has 0 atom stereocenters. The fourth-order valence-corrected chi connectivity index (χ4v) is 2.24. The van der Waals surface area contributed by atoms with Gasteiger partial charge in [-0.05, 0) is 26.0 Å². The van der Waals surface area contributed by atoms with Gasteiger partial charge in [-0.2, -0.15) is 0 Å². The summed E-state index contributed by atoms with van der Waals surface area (Å²) in [5.74, 6) is 0.657. The predicted molar refractivity (Wildman–Crippen MR) is 76.9 cm³/mol. The Morgan fingerprint density at radius 3 is 3.05 bits per heavy atom. The number of benzene rings is 1. The summed E-state index contributed by atoms with van der Waals surface area (Å²) >= 11 is 0. The average molecular weight is 275 g/mol. The van der Waals surface area contributed by atoms with Crippen molar-refractivity contribution in [3.8, 4) is 0 Å². The topological polar surface area (TPSA) is 87.1 Å². The Bertz CT molecular complexity index is 635. The third kappa shape index (κ3) is 2.72. The first-order chi connectivity index (χ1) is 9.63. The number of aromatic amines is 1. The number of fused-ring (bicyclic) bond motifs is 1. The van der Waals surface area contributed by atoms with Crippen LogP contribution in [0.1, 0.15) is 12.8 Å². The van der Waals surface area contributed by atoms with E-state index in [0.717, 1.165) is 24.6 Å². The molecule has 0 unspecified atom stereocenters. The molecule has 0 saturated heterocycles. The van der Waals surface area contributed by atoms with Crippen LogP contribution in [0.3, 0.4) is 0 Å². The van der Waals surface area contributed by atoms with Gasteiger partial charge in [0.15, 0.2) is 0 Å². The highest BCUT2D eigenvalue weighted by Crippen LogP contribution is 2.25. The van der Waals surface area contributed by atoms with Crippen LogP contribution in [0, 0.1) is 10.1 Å². The quantitative estimate of drug-likeness (QED) is 0.621. The van der Waals surface area contributed by atoms with Crippen molar-refractivity contribution in [3.63, 3.8) is 0 Å². The molecule has 2 N–H and O–H groups in total. The van der Waals surface area contributed by atoms with Gasteiger partial charge >= 0.3 is 0 Å². The summed E-state index contributed by atoms with van der Waals surface area (Å²) in [6, 6.07) is 5.37. The van der Waals surface area contributed by atoms with E-state index in [4.69, 9.17) is 0 Å². The van der Waals surface area contributed by atoms with Gasteiger partial charge in [0.25, 0.3) is 5.69 Å². The number of likely N-dealkylation sites (N-methyl/N-ethyl adjacent to an activating group) is 1. The summed E-state index contributed by atoms with van der Waals surface area (Å²) in [6.45, 7) is 1.76. The molecule has 0 bridgehead atoms. The van der Waals surface area contributed by atoms with Crippen LogP contribution < -0.4 is 5.32 Å². The molecule has 1 aromatic heterocycles. The molecule has 1 heterocycles. The van der Waals surface area contributed by atoms with Crippen molar-refractivity contribution in [2.45, 2.75) is 18.9 Å². The molecule has 1 aromatic carbocycles. The van der Waals surface area contributed by atoms with Crippen LogP contribution in [0.5, 0.6) is 0 Å². The van der Waals surface area contributed by atoms with Gasteiger partial charge in [-0.3, -0.25) is 10.1 Å². The van der Waals surface area contributed by atoms with Gasteiger partial charge < -0.3 is 15.2 Å². The van der Waals surface area contributed by atoms with E-state index in [1.165, 1.54) is 25.0 Å². The Morgan fingerprint density at radius 1 is 1.55 bits per heavy atom. The number of nitro groups is 1. The molecule has 2 aromatic rings. The monoisotopic (exact) mass is 275 g/mol. The van der Waals surface area contributed by atoms with Crippen LogP contribution in [0.25, 0.3) is 11.0 Å². The molecular weight excluding hydrogens is 258 g/mol. The lowest BCUT2D eigenvalue weighted by molar-refractivity contribution is -0.384. The van der Waals surface area contributed by atoms with Gasteiger partial charge in [-0.25, -0.2) is 4.98 Å². The lowest BCUT2D eigenvalue weighted by Gasteiger charge is -2.15. The molecule has 1 saturated carbocycles. The Hall–Kier alpha value is -2.15. The van der Waals surface area contributed by atoms with Crippen LogP contribution in [0.2, 0.25) is 0 Å². The van der Waals surface area contributed by atoms with Crippen molar-refractivity contribution in [2.24, 2.45) is 0 Å². The number of nitrogens with one attached hydrogen (secondary N) is 2. The van der Waals surface area contributed by atoms with Crippen LogP contribution in [0.15, 0.2) is 18.2 Å². The van der Waals surface area contributed by atoms with E-state index in [-0.39, 0.29) is 5.69 Å². The number of nitro benzene ring substituents is 1. The first-order valence-corrected chi connectivity index (χ1v) is 6.72. The molecule has 106 valence electrons. The van der Waals surface area contributed by atoms with Crippen LogP contribution in [-0.2, 0) is 0 Å². The smallest absolute Gasteiger partial charge is 0.271 e. The number of H-pyrrole nitrogens is 1. The standard InChI is InChI=1S/C13H17N5O2/c1-17(9-2-3-9)7-6-14-13-15-11-5-4-10(18(19)20)8-12(11)16-13/h4-5,8-9H,2-3,6-7H2,1H3,(H2,14,15,16).